The van der Waals surface area contributed by atoms with Crippen molar-refractivity contribution in [1.29, 1.82) is 0 Å². The summed E-state index contributed by atoms with van der Waals surface area (Å²) in [4.78, 5) is 19.1. The predicted octanol–water partition coefficient (Wildman–Crippen LogP) is 4.04. The molecule has 0 bridgehead atoms. The Morgan fingerprint density at radius 1 is 1.16 bits per heavy atom. The Labute approximate surface area is 185 Å². The fourth-order valence-corrected chi connectivity index (χ4v) is 4.49. The van der Waals surface area contributed by atoms with Crippen molar-refractivity contribution in [3.63, 3.8) is 0 Å². The van der Waals surface area contributed by atoms with Gasteiger partial charge in [0.1, 0.15) is 11.6 Å². The van der Waals surface area contributed by atoms with Gasteiger partial charge in [-0.15, -0.1) is 0 Å². The predicted molar refractivity (Wildman–Crippen MR) is 125 cm³/mol. The first-order valence-electron chi connectivity index (χ1n) is 11.5. The van der Waals surface area contributed by atoms with Crippen LogP contribution in [0.2, 0.25) is 0 Å². The summed E-state index contributed by atoms with van der Waals surface area (Å²) in [6.07, 6.45) is 7.39. The number of hydrogen-bond donors (Lipinski definition) is 0. The lowest BCUT2D eigenvalue weighted by molar-refractivity contribution is 0.209. The summed E-state index contributed by atoms with van der Waals surface area (Å²) < 4.78 is 7.87. The third-order valence-corrected chi connectivity index (χ3v) is 6.29. The van der Waals surface area contributed by atoms with Crippen LogP contribution in [0.3, 0.4) is 0 Å². The maximum Gasteiger partial charge on any atom is 0.226 e. The van der Waals surface area contributed by atoms with E-state index < -0.39 is 0 Å². The Bertz CT molecular complexity index is 1020. The van der Waals surface area contributed by atoms with E-state index in [2.05, 4.69) is 46.4 Å². The lowest BCUT2D eigenvalue weighted by atomic mass is 10.1. The second-order valence-corrected chi connectivity index (χ2v) is 8.34. The van der Waals surface area contributed by atoms with Crippen LogP contribution in [0.15, 0.2) is 30.6 Å². The molecule has 7 heteroatoms. The van der Waals surface area contributed by atoms with Crippen LogP contribution in [-0.2, 0) is 13.1 Å². The van der Waals surface area contributed by atoms with Gasteiger partial charge in [-0.3, -0.25) is 4.90 Å². The maximum atomic E-state index is 5.64. The summed E-state index contributed by atoms with van der Waals surface area (Å²) in [5.41, 5.74) is 1.99. The number of rotatable bonds is 7. The molecule has 4 rings (SSSR count). The number of ether oxygens (including phenoxy) is 1. The zero-order valence-electron chi connectivity index (χ0n) is 19.2. The number of benzene rings is 1. The molecule has 2 aromatic heterocycles. The third-order valence-electron chi connectivity index (χ3n) is 6.29. The molecule has 0 aliphatic carbocycles. The number of aromatic nitrogens is 4. The summed E-state index contributed by atoms with van der Waals surface area (Å²) in [5.74, 6) is 2.86. The fourth-order valence-electron chi connectivity index (χ4n) is 4.49. The van der Waals surface area contributed by atoms with E-state index in [4.69, 9.17) is 14.7 Å². The van der Waals surface area contributed by atoms with Gasteiger partial charge < -0.3 is 14.2 Å². The number of nitrogens with zero attached hydrogens (tertiary/aromatic N) is 6. The Kier molecular flexibility index (Phi) is 6.70. The average Bonchev–Trinajstić information content (AvgIpc) is 3.06. The number of imidazole rings is 1. The molecule has 1 unspecified atom stereocenters. The van der Waals surface area contributed by atoms with Gasteiger partial charge in [0, 0.05) is 43.5 Å². The topological polar surface area (TPSA) is 59.3 Å². The van der Waals surface area contributed by atoms with E-state index in [0.29, 0.717) is 12.6 Å². The van der Waals surface area contributed by atoms with Crippen molar-refractivity contribution in [2.75, 3.05) is 31.6 Å². The first-order valence-corrected chi connectivity index (χ1v) is 11.5. The number of fused-ring (bicyclic) bond motifs is 1. The van der Waals surface area contributed by atoms with Gasteiger partial charge in [0.05, 0.1) is 24.4 Å². The van der Waals surface area contributed by atoms with Gasteiger partial charge in [-0.25, -0.2) is 15.0 Å². The molecule has 166 valence electrons. The molecule has 0 spiro atoms. The van der Waals surface area contributed by atoms with Gasteiger partial charge in [0.2, 0.25) is 5.95 Å². The summed E-state index contributed by atoms with van der Waals surface area (Å²) in [6, 6.07) is 6.63. The Morgan fingerprint density at radius 3 is 2.84 bits per heavy atom. The molecular weight excluding hydrogens is 388 g/mol. The monoisotopic (exact) mass is 422 g/mol. The lowest BCUT2D eigenvalue weighted by Crippen LogP contribution is -2.33. The van der Waals surface area contributed by atoms with Crippen LogP contribution < -0.4 is 9.64 Å². The smallest absolute Gasteiger partial charge is 0.226 e. The second-order valence-electron chi connectivity index (χ2n) is 8.34. The highest BCUT2D eigenvalue weighted by molar-refractivity contribution is 5.83. The minimum atomic E-state index is 0.544. The quantitative estimate of drug-likeness (QED) is 0.573. The molecule has 0 amide bonds. The van der Waals surface area contributed by atoms with Crippen molar-refractivity contribution in [2.24, 2.45) is 0 Å². The molecule has 3 heterocycles. The summed E-state index contributed by atoms with van der Waals surface area (Å²) >= 11 is 0. The lowest BCUT2D eigenvalue weighted by Gasteiger charge is -2.27. The second kappa shape index (κ2) is 9.64. The maximum absolute atomic E-state index is 5.64. The van der Waals surface area contributed by atoms with E-state index >= 15 is 0 Å². The van der Waals surface area contributed by atoms with Gasteiger partial charge in [-0.1, -0.05) is 0 Å². The summed E-state index contributed by atoms with van der Waals surface area (Å²) in [6.45, 7) is 10.7. The molecule has 1 aliphatic rings. The highest BCUT2D eigenvalue weighted by Crippen LogP contribution is 2.26. The zero-order valence-corrected chi connectivity index (χ0v) is 19.2. The molecule has 1 atom stereocenters. The minimum absolute atomic E-state index is 0.544. The standard InChI is InChI=1S/C24H34N6O/c1-5-29-15-12-25-23(29)17-28(4)19-8-7-13-30(14-11-19)24-26-18(3)21-16-20(31-6-2)9-10-22(21)27-24/h9-10,12,15-16,19H,5-8,11,13-14,17H2,1-4H3. The van der Waals surface area contributed by atoms with Crippen LogP contribution in [0.5, 0.6) is 5.75 Å². The van der Waals surface area contributed by atoms with Crippen molar-refractivity contribution in [1.82, 2.24) is 24.4 Å². The van der Waals surface area contributed by atoms with Crippen LogP contribution in [0.25, 0.3) is 10.9 Å². The molecule has 7 nitrogen and oxygen atoms in total. The average molecular weight is 423 g/mol. The van der Waals surface area contributed by atoms with E-state index in [1.807, 2.05) is 31.3 Å². The van der Waals surface area contributed by atoms with E-state index in [1.165, 1.54) is 6.42 Å². The Morgan fingerprint density at radius 2 is 2.03 bits per heavy atom. The highest BCUT2D eigenvalue weighted by Gasteiger charge is 2.23. The van der Waals surface area contributed by atoms with Crippen molar-refractivity contribution in [3.05, 3.63) is 42.1 Å². The third kappa shape index (κ3) is 4.82. The van der Waals surface area contributed by atoms with Crippen molar-refractivity contribution in [3.8, 4) is 5.75 Å². The van der Waals surface area contributed by atoms with Crippen molar-refractivity contribution in [2.45, 2.75) is 59.2 Å². The molecule has 0 radical (unpaired) electrons. The molecular formula is C24H34N6O. The molecule has 1 fully saturated rings. The molecule has 0 N–H and O–H groups in total. The minimum Gasteiger partial charge on any atom is -0.494 e. The van der Waals surface area contributed by atoms with Crippen LogP contribution >= 0.6 is 0 Å². The number of anilines is 1. The fraction of sp³-hybridized carbons (Fsp3) is 0.542. The molecule has 31 heavy (non-hydrogen) atoms. The first-order chi connectivity index (χ1) is 15.1. The Balaban J connectivity index is 1.45. The van der Waals surface area contributed by atoms with E-state index in [9.17, 15) is 0 Å². The molecule has 0 saturated carbocycles. The van der Waals surface area contributed by atoms with Gasteiger partial charge in [-0.2, -0.15) is 0 Å². The normalized spacial score (nSPS) is 17.3. The van der Waals surface area contributed by atoms with Crippen LogP contribution in [-0.4, -0.2) is 57.2 Å². The number of hydrogen-bond acceptors (Lipinski definition) is 6. The van der Waals surface area contributed by atoms with E-state index in [1.54, 1.807) is 0 Å². The largest absolute Gasteiger partial charge is 0.494 e. The number of aryl methyl sites for hydroxylation is 2. The Hall–Kier alpha value is -2.67. The highest BCUT2D eigenvalue weighted by atomic mass is 16.5. The SMILES string of the molecule is CCOc1ccc2nc(N3CCCC(N(C)Cc4nccn4CC)CC3)nc(C)c2c1. The van der Waals surface area contributed by atoms with Crippen LogP contribution in [0.4, 0.5) is 5.95 Å². The molecule has 1 aliphatic heterocycles. The molecule has 1 saturated heterocycles. The summed E-state index contributed by atoms with van der Waals surface area (Å²) in [7, 11) is 2.22. The zero-order chi connectivity index (χ0) is 21.8. The molecule has 3 aromatic rings. The van der Waals surface area contributed by atoms with Crippen molar-refractivity contribution < 1.29 is 4.74 Å². The first kappa shape index (κ1) is 21.6. The molecule has 1 aromatic carbocycles. The van der Waals surface area contributed by atoms with Gasteiger partial charge in [0.25, 0.3) is 0 Å². The van der Waals surface area contributed by atoms with Gasteiger partial charge in [-0.05, 0) is 65.3 Å². The van der Waals surface area contributed by atoms with Gasteiger partial charge in [0.15, 0.2) is 0 Å². The summed E-state index contributed by atoms with van der Waals surface area (Å²) in [5, 5.41) is 1.06. The van der Waals surface area contributed by atoms with E-state index in [-0.39, 0.29) is 0 Å². The van der Waals surface area contributed by atoms with Crippen LogP contribution in [0.1, 0.15) is 44.6 Å². The van der Waals surface area contributed by atoms with Gasteiger partial charge >= 0.3 is 0 Å². The van der Waals surface area contributed by atoms with Crippen LogP contribution in [0, 0.1) is 6.92 Å². The van der Waals surface area contributed by atoms with Crippen molar-refractivity contribution >= 4 is 16.9 Å². The van der Waals surface area contributed by atoms with E-state index in [0.717, 1.165) is 73.1 Å².